The van der Waals surface area contributed by atoms with Gasteiger partial charge in [0.1, 0.15) is 12.1 Å². The first-order valence-electron chi connectivity index (χ1n) is 8.74. The molecule has 1 saturated heterocycles. The average Bonchev–Trinajstić information content (AvgIpc) is 3.18. The molecule has 1 aromatic rings. The van der Waals surface area contributed by atoms with Crippen LogP contribution in [-0.4, -0.2) is 35.0 Å². The molecule has 2 spiro atoms. The summed E-state index contributed by atoms with van der Waals surface area (Å²) in [4.78, 5) is 38.5. The highest BCUT2D eigenvalue weighted by atomic mass is 16.6. The summed E-state index contributed by atoms with van der Waals surface area (Å²) in [6, 6.07) is 5.34. The highest BCUT2D eigenvalue weighted by Gasteiger charge is 2.67. The summed E-state index contributed by atoms with van der Waals surface area (Å²) >= 11 is 0. The van der Waals surface area contributed by atoms with Crippen molar-refractivity contribution in [1.82, 2.24) is 4.90 Å². The van der Waals surface area contributed by atoms with Crippen LogP contribution < -0.4 is 5.73 Å². The van der Waals surface area contributed by atoms with Gasteiger partial charge >= 0.3 is 12.1 Å². The average molecular weight is 358 g/mol. The van der Waals surface area contributed by atoms with E-state index in [1.165, 1.54) is 0 Å². The molecule has 0 aromatic heterocycles. The number of nitrogen functional groups attached to an aromatic ring is 1. The Morgan fingerprint density at radius 2 is 1.96 bits per heavy atom. The normalized spacial score (nSPS) is 25.6. The summed E-state index contributed by atoms with van der Waals surface area (Å²) < 4.78 is 10.8. The van der Waals surface area contributed by atoms with Crippen molar-refractivity contribution in [3.8, 4) is 0 Å². The highest BCUT2D eigenvalue weighted by molar-refractivity contribution is 6.06. The van der Waals surface area contributed by atoms with Gasteiger partial charge in [-0.3, -0.25) is 9.59 Å². The monoisotopic (exact) mass is 358 g/mol. The van der Waals surface area contributed by atoms with Crippen LogP contribution in [0.25, 0.3) is 0 Å². The van der Waals surface area contributed by atoms with Gasteiger partial charge in [-0.1, -0.05) is 6.07 Å². The summed E-state index contributed by atoms with van der Waals surface area (Å²) in [5, 5.41) is 0. The van der Waals surface area contributed by atoms with Crippen LogP contribution in [0.2, 0.25) is 0 Å². The van der Waals surface area contributed by atoms with Gasteiger partial charge in [-0.2, -0.15) is 0 Å². The molecule has 1 aliphatic heterocycles. The molecule has 3 aliphatic rings. The number of hydrogen-bond donors (Lipinski definition) is 1. The van der Waals surface area contributed by atoms with Crippen LogP contribution in [0.4, 0.5) is 10.5 Å². The van der Waals surface area contributed by atoms with Crippen LogP contribution in [0.15, 0.2) is 18.2 Å². The minimum atomic E-state index is -1.35. The van der Waals surface area contributed by atoms with Crippen molar-refractivity contribution in [3.05, 3.63) is 29.3 Å². The molecule has 7 heteroatoms. The molecule has 2 aliphatic carbocycles. The minimum absolute atomic E-state index is 0.150. The highest BCUT2D eigenvalue weighted by Crippen LogP contribution is 2.64. The third kappa shape index (κ3) is 2.37. The van der Waals surface area contributed by atoms with Gasteiger partial charge in [0.15, 0.2) is 0 Å². The predicted octanol–water partition coefficient (Wildman–Crippen LogP) is 2.22. The van der Waals surface area contributed by atoms with Gasteiger partial charge in [0, 0.05) is 23.1 Å². The second kappa shape index (κ2) is 4.99. The molecule has 0 bridgehead atoms. The molecule has 1 aromatic carbocycles. The van der Waals surface area contributed by atoms with E-state index in [0.29, 0.717) is 17.7 Å². The number of carbonyl (C=O) groups excluding carboxylic acids is 3. The molecule has 26 heavy (non-hydrogen) atoms. The van der Waals surface area contributed by atoms with E-state index in [2.05, 4.69) is 0 Å². The molecule has 4 rings (SSSR count). The molecular formula is C19H22N2O5. The number of nitrogens with zero attached hydrogens (tertiary/aromatic N) is 1. The topological polar surface area (TPSA) is 98.9 Å². The van der Waals surface area contributed by atoms with E-state index in [9.17, 15) is 14.4 Å². The first-order valence-corrected chi connectivity index (χ1v) is 8.74. The van der Waals surface area contributed by atoms with E-state index in [-0.39, 0.29) is 5.41 Å². The van der Waals surface area contributed by atoms with E-state index in [0.717, 1.165) is 23.3 Å². The van der Waals surface area contributed by atoms with Gasteiger partial charge in [-0.25, -0.2) is 9.69 Å². The van der Waals surface area contributed by atoms with Crippen molar-refractivity contribution in [2.24, 2.45) is 0 Å². The maximum absolute atomic E-state index is 13.1. The summed E-state index contributed by atoms with van der Waals surface area (Å²) in [6.07, 6.45) is 1.47. The Hall–Kier alpha value is -2.57. The Balaban J connectivity index is 1.65. The maximum Gasteiger partial charge on any atom is 0.418 e. The zero-order chi connectivity index (χ0) is 18.9. The number of rotatable bonds is 2. The Bertz CT molecular complexity index is 837. The van der Waals surface area contributed by atoms with Crippen molar-refractivity contribution in [3.63, 3.8) is 0 Å². The van der Waals surface area contributed by atoms with Crippen molar-refractivity contribution in [1.29, 1.82) is 0 Å². The fourth-order valence-electron chi connectivity index (χ4n) is 4.09. The SMILES string of the molecule is CC(C)(C)OC(=O)CN1C(=O)OC2(CC3(CC3)c3cc(N)ccc32)C1=O. The zero-order valence-corrected chi connectivity index (χ0v) is 15.1. The Morgan fingerprint density at radius 3 is 2.58 bits per heavy atom. The summed E-state index contributed by atoms with van der Waals surface area (Å²) in [6.45, 7) is 4.73. The molecule has 0 radical (unpaired) electrons. The minimum Gasteiger partial charge on any atom is -0.459 e. The molecule has 138 valence electrons. The molecule has 1 saturated carbocycles. The van der Waals surface area contributed by atoms with E-state index < -0.39 is 35.7 Å². The number of fused-ring (bicyclic) bond motifs is 3. The lowest BCUT2D eigenvalue weighted by Gasteiger charge is -2.22. The van der Waals surface area contributed by atoms with E-state index in [1.807, 2.05) is 6.07 Å². The van der Waals surface area contributed by atoms with Crippen LogP contribution in [-0.2, 0) is 30.1 Å². The van der Waals surface area contributed by atoms with Gasteiger partial charge in [-0.05, 0) is 51.3 Å². The number of benzene rings is 1. The Morgan fingerprint density at radius 1 is 1.27 bits per heavy atom. The third-order valence-corrected chi connectivity index (χ3v) is 5.27. The summed E-state index contributed by atoms with van der Waals surface area (Å²) in [7, 11) is 0. The molecule has 7 nitrogen and oxygen atoms in total. The van der Waals surface area contributed by atoms with Crippen molar-refractivity contribution < 1.29 is 23.9 Å². The zero-order valence-electron chi connectivity index (χ0n) is 15.1. The number of imide groups is 1. The lowest BCUT2D eigenvalue weighted by Crippen LogP contribution is -2.41. The number of carbonyl (C=O) groups is 3. The quantitative estimate of drug-likeness (QED) is 0.643. The molecular weight excluding hydrogens is 336 g/mol. The summed E-state index contributed by atoms with van der Waals surface area (Å²) in [5.74, 6) is -1.14. The molecule has 1 unspecified atom stereocenters. The van der Waals surface area contributed by atoms with Crippen LogP contribution in [0.3, 0.4) is 0 Å². The maximum atomic E-state index is 13.1. The van der Waals surface area contributed by atoms with Crippen LogP contribution in [0.1, 0.15) is 51.2 Å². The number of nitrogens with two attached hydrogens (primary N) is 1. The Labute approximate surface area is 151 Å². The first-order chi connectivity index (χ1) is 12.1. The van der Waals surface area contributed by atoms with Gasteiger partial charge in [0.25, 0.3) is 5.91 Å². The number of hydrogen-bond acceptors (Lipinski definition) is 6. The van der Waals surface area contributed by atoms with Crippen LogP contribution in [0.5, 0.6) is 0 Å². The number of amides is 2. The van der Waals surface area contributed by atoms with E-state index in [4.69, 9.17) is 15.2 Å². The van der Waals surface area contributed by atoms with Gasteiger partial charge in [0.2, 0.25) is 5.60 Å². The second-order valence-corrected chi connectivity index (χ2v) is 8.43. The Kier molecular flexibility index (Phi) is 3.24. The lowest BCUT2D eigenvalue weighted by atomic mass is 9.94. The van der Waals surface area contributed by atoms with Crippen molar-refractivity contribution >= 4 is 23.7 Å². The van der Waals surface area contributed by atoms with E-state index >= 15 is 0 Å². The molecule has 2 amide bonds. The van der Waals surface area contributed by atoms with Crippen LogP contribution >= 0.6 is 0 Å². The van der Waals surface area contributed by atoms with E-state index in [1.54, 1.807) is 32.9 Å². The van der Waals surface area contributed by atoms with Gasteiger partial charge in [0.05, 0.1) is 0 Å². The second-order valence-electron chi connectivity index (χ2n) is 8.43. The predicted molar refractivity (Wildman–Crippen MR) is 92.1 cm³/mol. The van der Waals surface area contributed by atoms with Crippen molar-refractivity contribution in [2.45, 2.75) is 56.7 Å². The van der Waals surface area contributed by atoms with Crippen molar-refractivity contribution in [2.75, 3.05) is 12.3 Å². The van der Waals surface area contributed by atoms with Gasteiger partial charge < -0.3 is 15.2 Å². The number of esters is 1. The molecule has 1 atom stereocenters. The first kappa shape index (κ1) is 16.9. The number of anilines is 1. The lowest BCUT2D eigenvalue weighted by molar-refractivity contribution is -0.157. The number of ether oxygens (including phenoxy) is 2. The molecule has 2 N–H and O–H groups in total. The summed E-state index contributed by atoms with van der Waals surface area (Å²) in [5.41, 5.74) is 6.01. The molecule has 1 heterocycles. The largest absolute Gasteiger partial charge is 0.459 e. The smallest absolute Gasteiger partial charge is 0.418 e. The standard InChI is InChI=1S/C19H22N2O5/c1-17(2,3)25-14(22)9-21-15(23)19(26-16(21)24)10-18(6-7-18)13-8-11(20)4-5-12(13)19/h4-5,8H,6-7,9-10,20H2,1-3H3. The molecule has 2 fully saturated rings. The third-order valence-electron chi connectivity index (χ3n) is 5.27. The fraction of sp³-hybridized carbons (Fsp3) is 0.526. The fourth-order valence-corrected chi connectivity index (χ4v) is 4.09. The van der Waals surface area contributed by atoms with Crippen LogP contribution in [0, 0.1) is 0 Å². The van der Waals surface area contributed by atoms with Gasteiger partial charge in [-0.15, -0.1) is 0 Å².